The van der Waals surface area contributed by atoms with Crippen LogP contribution in [0, 0.1) is 5.92 Å². The Morgan fingerprint density at radius 3 is 2.36 bits per heavy atom. The quantitative estimate of drug-likeness (QED) is 0.841. The van der Waals surface area contributed by atoms with Crippen LogP contribution >= 0.6 is 0 Å². The number of ether oxygens (including phenoxy) is 1. The molecule has 1 saturated heterocycles. The third kappa shape index (κ3) is 4.35. The smallest absolute Gasteiger partial charge is 0.410 e. The van der Waals surface area contributed by atoms with Crippen molar-refractivity contribution < 1.29 is 19.4 Å². The van der Waals surface area contributed by atoms with Gasteiger partial charge in [-0.15, -0.1) is 0 Å². The van der Waals surface area contributed by atoms with Crippen LogP contribution in [0.1, 0.15) is 46.5 Å². The first-order valence-corrected chi connectivity index (χ1v) is 8.18. The normalized spacial score (nSPS) is 27.0. The van der Waals surface area contributed by atoms with Crippen LogP contribution in [0.5, 0.6) is 0 Å². The largest absolute Gasteiger partial charge is 0.444 e. The van der Waals surface area contributed by atoms with Crippen LogP contribution in [-0.2, 0) is 9.53 Å². The summed E-state index contributed by atoms with van der Waals surface area (Å²) in [5, 5.41) is 9.19. The summed E-state index contributed by atoms with van der Waals surface area (Å²) in [6, 6.07) is 0.260. The molecule has 2 rings (SSSR count). The summed E-state index contributed by atoms with van der Waals surface area (Å²) >= 11 is 0. The van der Waals surface area contributed by atoms with Crippen LogP contribution in [0.25, 0.3) is 0 Å². The number of piperazine rings is 1. The Bertz CT molecular complexity index is 411. The van der Waals surface area contributed by atoms with Gasteiger partial charge in [0.2, 0.25) is 5.91 Å². The fourth-order valence-electron chi connectivity index (χ4n) is 3.19. The van der Waals surface area contributed by atoms with Crippen molar-refractivity contribution in [2.45, 2.75) is 58.1 Å². The molecule has 2 amide bonds. The Balaban J connectivity index is 1.85. The summed E-state index contributed by atoms with van der Waals surface area (Å²) < 4.78 is 5.32. The molecule has 1 N–H and O–H groups in total. The first-order valence-electron chi connectivity index (χ1n) is 8.18. The second kappa shape index (κ2) is 6.86. The van der Waals surface area contributed by atoms with E-state index in [0.29, 0.717) is 19.0 Å². The molecule has 126 valence electrons. The lowest BCUT2D eigenvalue weighted by Crippen LogP contribution is -2.56. The molecule has 0 unspecified atom stereocenters. The lowest BCUT2D eigenvalue weighted by atomic mass is 9.85. The standard InChI is InChI=1S/C16H28N2O4/c1-16(2,3)22-15(21)17-8-9-18(14(20)10-17)13-6-4-12(11-19)5-7-13/h12-13,19H,4-11H2,1-3H3. The first kappa shape index (κ1) is 17.1. The summed E-state index contributed by atoms with van der Waals surface area (Å²) in [6.07, 6.45) is 3.43. The lowest BCUT2D eigenvalue weighted by Gasteiger charge is -2.41. The number of nitrogens with zero attached hydrogens (tertiary/aromatic N) is 2. The van der Waals surface area contributed by atoms with Gasteiger partial charge < -0.3 is 14.7 Å². The van der Waals surface area contributed by atoms with Crippen molar-refractivity contribution in [3.8, 4) is 0 Å². The van der Waals surface area contributed by atoms with E-state index in [0.717, 1.165) is 25.7 Å². The highest BCUT2D eigenvalue weighted by atomic mass is 16.6. The maximum atomic E-state index is 12.4. The van der Waals surface area contributed by atoms with Crippen LogP contribution in [0.2, 0.25) is 0 Å². The Hall–Kier alpha value is -1.30. The molecule has 1 aliphatic heterocycles. The predicted molar refractivity (Wildman–Crippen MR) is 82.4 cm³/mol. The van der Waals surface area contributed by atoms with Gasteiger partial charge in [0.05, 0.1) is 0 Å². The van der Waals surface area contributed by atoms with Crippen molar-refractivity contribution in [3.05, 3.63) is 0 Å². The molecule has 6 heteroatoms. The van der Waals surface area contributed by atoms with Crippen molar-refractivity contribution in [1.29, 1.82) is 0 Å². The van der Waals surface area contributed by atoms with Gasteiger partial charge in [-0.25, -0.2) is 4.79 Å². The second-order valence-corrected chi connectivity index (χ2v) is 7.35. The van der Waals surface area contributed by atoms with E-state index in [9.17, 15) is 14.7 Å². The summed E-state index contributed by atoms with van der Waals surface area (Å²) in [4.78, 5) is 27.8. The van der Waals surface area contributed by atoms with Crippen molar-refractivity contribution in [3.63, 3.8) is 0 Å². The molecular weight excluding hydrogens is 284 g/mol. The van der Waals surface area contributed by atoms with E-state index in [2.05, 4.69) is 0 Å². The highest BCUT2D eigenvalue weighted by Gasteiger charge is 2.35. The summed E-state index contributed by atoms with van der Waals surface area (Å²) in [7, 11) is 0. The number of hydrogen-bond acceptors (Lipinski definition) is 4. The average Bonchev–Trinajstić information content (AvgIpc) is 2.45. The summed E-state index contributed by atoms with van der Waals surface area (Å²) in [6.45, 7) is 6.92. The zero-order valence-electron chi connectivity index (χ0n) is 13.9. The van der Waals surface area contributed by atoms with Crippen LogP contribution < -0.4 is 0 Å². The molecule has 0 radical (unpaired) electrons. The lowest BCUT2D eigenvalue weighted by molar-refractivity contribution is -0.139. The van der Waals surface area contributed by atoms with Gasteiger partial charge in [0.1, 0.15) is 12.1 Å². The number of rotatable bonds is 2. The molecule has 1 aliphatic carbocycles. The summed E-state index contributed by atoms with van der Waals surface area (Å²) in [5.74, 6) is 0.388. The highest BCUT2D eigenvalue weighted by Crippen LogP contribution is 2.28. The molecule has 0 aromatic rings. The van der Waals surface area contributed by atoms with Crippen molar-refractivity contribution in [2.75, 3.05) is 26.2 Å². The molecule has 0 aromatic carbocycles. The third-order valence-corrected chi connectivity index (χ3v) is 4.42. The molecule has 0 aromatic heterocycles. The Kier molecular flexibility index (Phi) is 5.32. The van der Waals surface area contributed by atoms with Crippen molar-refractivity contribution in [1.82, 2.24) is 9.80 Å². The Morgan fingerprint density at radius 2 is 1.86 bits per heavy atom. The molecule has 22 heavy (non-hydrogen) atoms. The fourth-order valence-corrected chi connectivity index (χ4v) is 3.19. The predicted octanol–water partition coefficient (Wildman–Crippen LogP) is 1.62. The first-order chi connectivity index (χ1) is 10.3. The molecule has 1 heterocycles. The monoisotopic (exact) mass is 312 g/mol. The van der Waals surface area contributed by atoms with Gasteiger partial charge in [0.15, 0.2) is 0 Å². The zero-order chi connectivity index (χ0) is 16.3. The molecular formula is C16H28N2O4. The van der Waals surface area contributed by atoms with E-state index in [1.165, 1.54) is 4.90 Å². The van der Waals surface area contributed by atoms with Gasteiger partial charge in [0.25, 0.3) is 0 Å². The Morgan fingerprint density at radius 1 is 1.23 bits per heavy atom. The number of carbonyl (C=O) groups is 2. The SMILES string of the molecule is CC(C)(C)OC(=O)N1CCN(C2CCC(CO)CC2)C(=O)C1. The van der Waals surface area contributed by atoms with Gasteiger partial charge in [-0.2, -0.15) is 0 Å². The highest BCUT2D eigenvalue weighted by molar-refractivity contribution is 5.83. The van der Waals surface area contributed by atoms with Crippen LogP contribution in [0.3, 0.4) is 0 Å². The van der Waals surface area contributed by atoms with Gasteiger partial charge in [-0.05, 0) is 52.4 Å². The van der Waals surface area contributed by atoms with E-state index in [1.807, 2.05) is 25.7 Å². The van der Waals surface area contributed by atoms with Gasteiger partial charge >= 0.3 is 6.09 Å². The number of aliphatic hydroxyl groups is 1. The number of carbonyl (C=O) groups excluding carboxylic acids is 2. The number of hydrogen-bond donors (Lipinski definition) is 1. The zero-order valence-corrected chi connectivity index (χ0v) is 13.9. The minimum Gasteiger partial charge on any atom is -0.444 e. The van der Waals surface area contributed by atoms with Crippen LogP contribution in [0.4, 0.5) is 4.79 Å². The minimum atomic E-state index is -0.542. The topological polar surface area (TPSA) is 70.1 Å². The molecule has 2 aliphatic rings. The maximum absolute atomic E-state index is 12.4. The molecule has 0 atom stereocenters. The molecule has 1 saturated carbocycles. The second-order valence-electron chi connectivity index (χ2n) is 7.35. The van der Waals surface area contributed by atoms with Crippen LogP contribution in [-0.4, -0.2) is 64.8 Å². The van der Waals surface area contributed by atoms with E-state index in [1.54, 1.807) is 0 Å². The summed E-state index contributed by atoms with van der Waals surface area (Å²) in [5.41, 5.74) is -0.542. The number of amides is 2. The maximum Gasteiger partial charge on any atom is 0.410 e. The Labute approximate surface area is 132 Å². The molecule has 0 bridgehead atoms. The average molecular weight is 312 g/mol. The van der Waals surface area contributed by atoms with Crippen molar-refractivity contribution in [2.24, 2.45) is 5.92 Å². The molecule has 2 fully saturated rings. The van der Waals surface area contributed by atoms with Gasteiger partial charge in [-0.3, -0.25) is 9.69 Å². The fraction of sp³-hybridized carbons (Fsp3) is 0.875. The molecule has 0 spiro atoms. The third-order valence-electron chi connectivity index (χ3n) is 4.42. The minimum absolute atomic E-state index is 0.00422. The molecule has 6 nitrogen and oxygen atoms in total. The van der Waals surface area contributed by atoms with Crippen molar-refractivity contribution >= 4 is 12.0 Å². The van der Waals surface area contributed by atoms with E-state index in [-0.39, 0.29) is 25.1 Å². The van der Waals surface area contributed by atoms with E-state index >= 15 is 0 Å². The van der Waals surface area contributed by atoms with E-state index in [4.69, 9.17) is 4.74 Å². The van der Waals surface area contributed by atoms with Gasteiger partial charge in [0, 0.05) is 25.7 Å². The van der Waals surface area contributed by atoms with Gasteiger partial charge in [-0.1, -0.05) is 0 Å². The van der Waals surface area contributed by atoms with Crippen LogP contribution in [0.15, 0.2) is 0 Å². The number of aliphatic hydroxyl groups excluding tert-OH is 1. The van der Waals surface area contributed by atoms with E-state index < -0.39 is 11.7 Å².